The Balaban J connectivity index is 4.53. The summed E-state index contributed by atoms with van der Waals surface area (Å²) in [6.45, 7) is 5.22. The van der Waals surface area contributed by atoms with Crippen LogP contribution in [0.1, 0.15) is 40.0 Å². The Morgan fingerprint density at radius 1 is 1.27 bits per heavy atom. The average molecular weight is 216 g/mol. The number of rotatable bonds is 6. The molecule has 0 amide bonds. The summed E-state index contributed by atoms with van der Waals surface area (Å²) in [6.07, 6.45) is 1.80. The van der Waals surface area contributed by atoms with Crippen molar-refractivity contribution >= 4 is 11.9 Å². The molecule has 0 aromatic heterocycles. The number of carbonyl (C=O) groups excluding carboxylic acids is 2. The molecule has 0 aromatic rings. The molecule has 0 bridgehead atoms. The SMILES string of the molecule is CCC[C@@H](C(=O)OC)[C@@H](CC)OC(C)=O. The van der Waals surface area contributed by atoms with E-state index < -0.39 is 0 Å². The van der Waals surface area contributed by atoms with Crippen molar-refractivity contribution in [2.45, 2.75) is 46.1 Å². The Hall–Kier alpha value is -1.06. The molecule has 0 aliphatic carbocycles. The van der Waals surface area contributed by atoms with Gasteiger partial charge in [0.05, 0.1) is 13.0 Å². The number of carbonyl (C=O) groups is 2. The normalized spacial score (nSPS) is 14.1. The molecule has 0 spiro atoms. The number of hydrogen-bond acceptors (Lipinski definition) is 4. The van der Waals surface area contributed by atoms with Gasteiger partial charge in [0, 0.05) is 6.92 Å². The highest BCUT2D eigenvalue weighted by Crippen LogP contribution is 2.19. The summed E-state index contributed by atoms with van der Waals surface area (Å²) in [5, 5.41) is 0. The molecule has 0 saturated carbocycles. The molecule has 0 rings (SSSR count). The molecular formula is C11H20O4. The minimum atomic E-state index is -0.366. The molecule has 0 aliphatic heterocycles. The zero-order valence-electron chi connectivity index (χ0n) is 9.91. The summed E-state index contributed by atoms with van der Waals surface area (Å²) in [5.74, 6) is -0.995. The molecule has 2 atom stereocenters. The highest BCUT2D eigenvalue weighted by Gasteiger charge is 2.29. The van der Waals surface area contributed by atoms with Crippen LogP contribution < -0.4 is 0 Å². The highest BCUT2D eigenvalue weighted by molar-refractivity contribution is 5.74. The maximum atomic E-state index is 11.5. The van der Waals surface area contributed by atoms with Gasteiger partial charge in [-0.3, -0.25) is 9.59 Å². The lowest BCUT2D eigenvalue weighted by Crippen LogP contribution is -2.32. The van der Waals surface area contributed by atoms with Gasteiger partial charge >= 0.3 is 11.9 Å². The molecule has 0 unspecified atom stereocenters. The Morgan fingerprint density at radius 3 is 2.20 bits per heavy atom. The first kappa shape index (κ1) is 13.9. The van der Waals surface area contributed by atoms with E-state index in [-0.39, 0.29) is 24.0 Å². The largest absolute Gasteiger partial charge is 0.469 e. The highest BCUT2D eigenvalue weighted by atomic mass is 16.6. The van der Waals surface area contributed by atoms with E-state index in [1.165, 1.54) is 14.0 Å². The summed E-state index contributed by atoms with van der Waals surface area (Å²) in [6, 6.07) is 0. The molecule has 0 radical (unpaired) electrons. The Bertz CT molecular complexity index is 213. The summed E-state index contributed by atoms with van der Waals surface area (Å²) < 4.78 is 9.80. The molecule has 0 aromatic carbocycles. The minimum Gasteiger partial charge on any atom is -0.469 e. The lowest BCUT2D eigenvalue weighted by atomic mass is 9.95. The van der Waals surface area contributed by atoms with Crippen molar-refractivity contribution in [2.75, 3.05) is 7.11 Å². The second-order valence-electron chi connectivity index (χ2n) is 3.47. The zero-order chi connectivity index (χ0) is 11.8. The van der Waals surface area contributed by atoms with Crippen LogP contribution in [0.25, 0.3) is 0 Å². The van der Waals surface area contributed by atoms with Crippen LogP contribution in [0, 0.1) is 5.92 Å². The van der Waals surface area contributed by atoms with Crippen molar-refractivity contribution in [3.63, 3.8) is 0 Å². The Kier molecular flexibility index (Phi) is 6.75. The topological polar surface area (TPSA) is 52.6 Å². The average Bonchev–Trinajstić information content (AvgIpc) is 2.21. The molecule has 4 heteroatoms. The quantitative estimate of drug-likeness (QED) is 0.636. The zero-order valence-corrected chi connectivity index (χ0v) is 9.91. The van der Waals surface area contributed by atoms with Crippen LogP contribution in [0.2, 0.25) is 0 Å². The van der Waals surface area contributed by atoms with Crippen LogP contribution in [-0.4, -0.2) is 25.2 Å². The molecular weight excluding hydrogens is 196 g/mol. The number of esters is 2. The van der Waals surface area contributed by atoms with Gasteiger partial charge in [0.2, 0.25) is 0 Å². The summed E-state index contributed by atoms with van der Waals surface area (Å²) in [4.78, 5) is 22.3. The van der Waals surface area contributed by atoms with E-state index in [4.69, 9.17) is 9.47 Å². The fourth-order valence-corrected chi connectivity index (χ4v) is 1.58. The van der Waals surface area contributed by atoms with Crippen molar-refractivity contribution in [1.82, 2.24) is 0 Å². The van der Waals surface area contributed by atoms with Crippen LogP contribution in [-0.2, 0) is 19.1 Å². The van der Waals surface area contributed by atoms with Gasteiger partial charge < -0.3 is 9.47 Å². The minimum absolute atomic E-state index is 0.301. The Labute approximate surface area is 90.9 Å². The van der Waals surface area contributed by atoms with Crippen molar-refractivity contribution in [3.05, 3.63) is 0 Å². The molecule has 0 N–H and O–H groups in total. The summed E-state index contributed by atoms with van der Waals surface area (Å²) >= 11 is 0. The van der Waals surface area contributed by atoms with Gasteiger partial charge in [-0.15, -0.1) is 0 Å². The summed E-state index contributed by atoms with van der Waals surface area (Å²) in [7, 11) is 1.35. The smallest absolute Gasteiger partial charge is 0.312 e. The van der Waals surface area contributed by atoms with Gasteiger partial charge in [0.15, 0.2) is 0 Å². The van der Waals surface area contributed by atoms with E-state index in [2.05, 4.69) is 0 Å². The van der Waals surface area contributed by atoms with Crippen LogP contribution in [0.5, 0.6) is 0 Å². The fourth-order valence-electron chi connectivity index (χ4n) is 1.58. The van der Waals surface area contributed by atoms with Crippen molar-refractivity contribution in [1.29, 1.82) is 0 Å². The monoisotopic (exact) mass is 216 g/mol. The van der Waals surface area contributed by atoms with Crippen LogP contribution in [0.4, 0.5) is 0 Å². The first-order chi connectivity index (χ1) is 7.06. The lowest BCUT2D eigenvalue weighted by Gasteiger charge is -2.23. The summed E-state index contributed by atoms with van der Waals surface area (Å²) in [5.41, 5.74) is 0. The molecule has 15 heavy (non-hydrogen) atoms. The standard InChI is InChI=1S/C11H20O4/c1-5-7-9(11(13)14-4)10(6-2)15-8(3)12/h9-10H,5-7H2,1-4H3/t9-,10-/m1/s1. The predicted molar refractivity (Wildman–Crippen MR) is 56.3 cm³/mol. The molecule has 0 heterocycles. The van der Waals surface area contributed by atoms with Crippen molar-refractivity contribution in [2.24, 2.45) is 5.92 Å². The van der Waals surface area contributed by atoms with E-state index >= 15 is 0 Å². The van der Waals surface area contributed by atoms with Crippen LogP contribution >= 0.6 is 0 Å². The van der Waals surface area contributed by atoms with Gasteiger partial charge in [0.1, 0.15) is 6.10 Å². The Morgan fingerprint density at radius 2 is 1.87 bits per heavy atom. The third-order valence-corrected chi connectivity index (χ3v) is 2.27. The first-order valence-corrected chi connectivity index (χ1v) is 5.31. The molecule has 4 nitrogen and oxygen atoms in total. The molecule has 0 saturated heterocycles. The lowest BCUT2D eigenvalue weighted by molar-refractivity contribution is -0.159. The maximum absolute atomic E-state index is 11.5. The first-order valence-electron chi connectivity index (χ1n) is 5.31. The second-order valence-corrected chi connectivity index (χ2v) is 3.47. The molecule has 0 aliphatic rings. The van der Waals surface area contributed by atoms with Gasteiger partial charge in [0.25, 0.3) is 0 Å². The van der Waals surface area contributed by atoms with E-state index in [1.54, 1.807) is 0 Å². The van der Waals surface area contributed by atoms with Crippen molar-refractivity contribution in [3.8, 4) is 0 Å². The van der Waals surface area contributed by atoms with E-state index in [0.717, 1.165) is 6.42 Å². The fraction of sp³-hybridized carbons (Fsp3) is 0.818. The van der Waals surface area contributed by atoms with E-state index in [9.17, 15) is 9.59 Å². The number of ether oxygens (including phenoxy) is 2. The van der Waals surface area contributed by atoms with Gasteiger partial charge in [-0.05, 0) is 12.8 Å². The molecule has 88 valence electrons. The maximum Gasteiger partial charge on any atom is 0.312 e. The van der Waals surface area contributed by atoms with Gasteiger partial charge in [-0.2, -0.15) is 0 Å². The van der Waals surface area contributed by atoms with E-state index in [0.29, 0.717) is 12.8 Å². The number of hydrogen-bond donors (Lipinski definition) is 0. The van der Waals surface area contributed by atoms with Crippen LogP contribution in [0.3, 0.4) is 0 Å². The van der Waals surface area contributed by atoms with Crippen molar-refractivity contribution < 1.29 is 19.1 Å². The third kappa shape index (κ3) is 4.81. The second kappa shape index (κ2) is 7.26. The van der Waals surface area contributed by atoms with E-state index in [1.807, 2.05) is 13.8 Å². The van der Waals surface area contributed by atoms with Crippen LogP contribution in [0.15, 0.2) is 0 Å². The number of methoxy groups -OCH3 is 1. The third-order valence-electron chi connectivity index (χ3n) is 2.27. The van der Waals surface area contributed by atoms with Gasteiger partial charge in [-0.1, -0.05) is 20.3 Å². The molecule has 0 fully saturated rings. The van der Waals surface area contributed by atoms with Gasteiger partial charge in [-0.25, -0.2) is 0 Å². The predicted octanol–water partition coefficient (Wildman–Crippen LogP) is 1.92.